The van der Waals surface area contributed by atoms with Crippen molar-refractivity contribution in [2.75, 3.05) is 11.6 Å². The summed E-state index contributed by atoms with van der Waals surface area (Å²) in [6.07, 6.45) is 2.23. The van der Waals surface area contributed by atoms with Crippen LogP contribution in [0.25, 0.3) is 0 Å². The summed E-state index contributed by atoms with van der Waals surface area (Å²) in [6, 6.07) is 15.0. The highest BCUT2D eigenvalue weighted by Crippen LogP contribution is 2.34. The van der Waals surface area contributed by atoms with Crippen molar-refractivity contribution in [3.8, 4) is 0 Å². The van der Waals surface area contributed by atoms with E-state index in [1.54, 1.807) is 17.8 Å². The molecule has 2 aromatic rings. The topological polar surface area (TPSA) is 46.2 Å². The summed E-state index contributed by atoms with van der Waals surface area (Å²) < 4.78 is 0. The molecular formula is C17H15NO2S. The Balaban J connectivity index is 1.86. The van der Waals surface area contributed by atoms with E-state index in [0.29, 0.717) is 5.56 Å². The molecule has 0 saturated carbocycles. The number of para-hydroxylation sites is 1. The normalized spacial score (nSPS) is 16.6. The van der Waals surface area contributed by atoms with Crippen LogP contribution in [0.15, 0.2) is 53.4 Å². The van der Waals surface area contributed by atoms with Crippen molar-refractivity contribution >= 4 is 29.1 Å². The molecule has 1 amide bonds. The van der Waals surface area contributed by atoms with Gasteiger partial charge in [-0.2, -0.15) is 0 Å². The minimum Gasteiger partial charge on any atom is -0.325 e. The number of thioether (sulfide) groups is 1. The third kappa shape index (κ3) is 2.59. The molecule has 3 nitrogen and oxygen atoms in total. The summed E-state index contributed by atoms with van der Waals surface area (Å²) in [7, 11) is 0. The fourth-order valence-corrected chi connectivity index (χ4v) is 3.22. The van der Waals surface area contributed by atoms with Crippen LogP contribution in [-0.4, -0.2) is 17.9 Å². The van der Waals surface area contributed by atoms with E-state index >= 15 is 0 Å². The average Bonchev–Trinajstić information content (AvgIpc) is 2.86. The Bertz CT molecular complexity index is 711. The number of fused-ring (bicyclic) bond motifs is 1. The number of hydrogen-bond acceptors (Lipinski definition) is 3. The number of ketones is 1. The number of nitrogens with one attached hydrogen (secondary N) is 1. The van der Waals surface area contributed by atoms with E-state index < -0.39 is 0 Å². The molecular weight excluding hydrogens is 282 g/mol. The standard InChI is InChI=1S/C17H15NO2S/c1-21-16-9-5-4-8-14(16)18-17(20)13-10-15(19)12-7-3-2-6-11(12)13/h2-9,13H,10H2,1H3,(H,18,20). The zero-order valence-corrected chi connectivity index (χ0v) is 12.4. The van der Waals surface area contributed by atoms with Gasteiger partial charge in [0.1, 0.15) is 0 Å². The predicted octanol–water partition coefficient (Wildman–Crippen LogP) is 3.72. The Morgan fingerprint density at radius 2 is 1.86 bits per heavy atom. The van der Waals surface area contributed by atoms with Gasteiger partial charge in [0.15, 0.2) is 5.78 Å². The second kappa shape index (κ2) is 5.74. The van der Waals surface area contributed by atoms with Gasteiger partial charge >= 0.3 is 0 Å². The predicted molar refractivity (Wildman–Crippen MR) is 85.0 cm³/mol. The molecule has 106 valence electrons. The van der Waals surface area contributed by atoms with Crippen molar-refractivity contribution in [1.82, 2.24) is 0 Å². The summed E-state index contributed by atoms with van der Waals surface area (Å²) in [5.74, 6) is -0.456. The van der Waals surface area contributed by atoms with E-state index in [1.165, 1.54) is 0 Å². The van der Waals surface area contributed by atoms with Crippen LogP contribution in [0.1, 0.15) is 28.3 Å². The van der Waals surface area contributed by atoms with Crippen molar-refractivity contribution in [1.29, 1.82) is 0 Å². The van der Waals surface area contributed by atoms with Crippen molar-refractivity contribution < 1.29 is 9.59 Å². The smallest absolute Gasteiger partial charge is 0.232 e. The minimum atomic E-state index is -0.386. The Kier molecular flexibility index (Phi) is 3.80. The molecule has 21 heavy (non-hydrogen) atoms. The van der Waals surface area contributed by atoms with Crippen LogP contribution in [0.2, 0.25) is 0 Å². The first-order chi connectivity index (χ1) is 10.2. The molecule has 0 fully saturated rings. The van der Waals surface area contributed by atoms with Crippen LogP contribution < -0.4 is 5.32 Å². The molecule has 4 heteroatoms. The molecule has 0 saturated heterocycles. The largest absolute Gasteiger partial charge is 0.325 e. The molecule has 0 heterocycles. The van der Waals surface area contributed by atoms with Crippen molar-refractivity contribution in [2.45, 2.75) is 17.2 Å². The maximum absolute atomic E-state index is 12.5. The number of Topliss-reactive ketones (excluding diaryl/α,β-unsaturated/α-hetero) is 1. The van der Waals surface area contributed by atoms with E-state index in [-0.39, 0.29) is 24.0 Å². The van der Waals surface area contributed by atoms with Crippen LogP contribution in [0.3, 0.4) is 0 Å². The zero-order chi connectivity index (χ0) is 14.8. The fraction of sp³-hybridized carbons (Fsp3) is 0.176. The number of amides is 1. The Hall–Kier alpha value is -2.07. The Morgan fingerprint density at radius 3 is 2.67 bits per heavy atom. The van der Waals surface area contributed by atoms with E-state index in [2.05, 4.69) is 5.32 Å². The number of carbonyl (C=O) groups excluding carboxylic acids is 2. The van der Waals surface area contributed by atoms with Crippen LogP contribution >= 0.6 is 11.8 Å². The molecule has 0 spiro atoms. The van der Waals surface area contributed by atoms with Gasteiger partial charge in [0.05, 0.1) is 11.6 Å². The van der Waals surface area contributed by atoms with Crippen LogP contribution in [0.5, 0.6) is 0 Å². The maximum atomic E-state index is 12.5. The van der Waals surface area contributed by atoms with E-state index in [1.807, 2.05) is 48.7 Å². The van der Waals surface area contributed by atoms with Crippen molar-refractivity contribution in [2.24, 2.45) is 0 Å². The lowest BCUT2D eigenvalue weighted by Crippen LogP contribution is -2.20. The molecule has 2 aromatic carbocycles. The summed E-state index contributed by atoms with van der Waals surface area (Å²) in [6.45, 7) is 0. The third-order valence-corrected chi connectivity index (χ3v) is 4.50. The molecule has 1 aliphatic rings. The summed E-state index contributed by atoms with van der Waals surface area (Å²) in [5.41, 5.74) is 2.31. The van der Waals surface area contributed by atoms with E-state index in [0.717, 1.165) is 16.1 Å². The molecule has 1 unspecified atom stereocenters. The highest BCUT2D eigenvalue weighted by atomic mass is 32.2. The number of rotatable bonds is 3. The van der Waals surface area contributed by atoms with Gasteiger partial charge in [0.25, 0.3) is 0 Å². The summed E-state index contributed by atoms with van der Waals surface area (Å²) >= 11 is 1.58. The molecule has 1 N–H and O–H groups in total. The van der Waals surface area contributed by atoms with Gasteiger partial charge in [-0.3, -0.25) is 9.59 Å². The first-order valence-electron chi connectivity index (χ1n) is 6.76. The Labute approximate surface area is 127 Å². The van der Waals surface area contributed by atoms with Gasteiger partial charge in [-0.25, -0.2) is 0 Å². The Morgan fingerprint density at radius 1 is 1.14 bits per heavy atom. The second-order valence-corrected chi connectivity index (χ2v) is 5.80. The number of benzene rings is 2. The van der Waals surface area contributed by atoms with Gasteiger partial charge in [0, 0.05) is 16.9 Å². The highest BCUT2D eigenvalue weighted by molar-refractivity contribution is 7.98. The van der Waals surface area contributed by atoms with Gasteiger partial charge in [-0.15, -0.1) is 11.8 Å². The first kappa shape index (κ1) is 13.9. The van der Waals surface area contributed by atoms with E-state index in [9.17, 15) is 9.59 Å². The van der Waals surface area contributed by atoms with E-state index in [4.69, 9.17) is 0 Å². The molecule has 3 rings (SSSR count). The number of carbonyl (C=O) groups is 2. The van der Waals surface area contributed by atoms with Gasteiger partial charge in [-0.05, 0) is 24.0 Å². The quantitative estimate of drug-likeness (QED) is 0.878. The van der Waals surface area contributed by atoms with Gasteiger partial charge in [-0.1, -0.05) is 36.4 Å². The third-order valence-electron chi connectivity index (χ3n) is 3.71. The first-order valence-corrected chi connectivity index (χ1v) is 7.99. The van der Waals surface area contributed by atoms with Crippen LogP contribution in [0, 0.1) is 0 Å². The molecule has 0 bridgehead atoms. The van der Waals surface area contributed by atoms with Gasteiger partial charge < -0.3 is 5.32 Å². The lowest BCUT2D eigenvalue weighted by Gasteiger charge is -2.13. The van der Waals surface area contributed by atoms with Crippen LogP contribution in [-0.2, 0) is 4.79 Å². The molecule has 0 aliphatic heterocycles. The summed E-state index contributed by atoms with van der Waals surface area (Å²) in [5, 5.41) is 2.95. The lowest BCUT2D eigenvalue weighted by molar-refractivity contribution is -0.117. The summed E-state index contributed by atoms with van der Waals surface area (Å²) in [4.78, 5) is 25.5. The second-order valence-electron chi connectivity index (χ2n) is 4.96. The minimum absolute atomic E-state index is 0.0453. The van der Waals surface area contributed by atoms with Crippen LogP contribution in [0.4, 0.5) is 5.69 Å². The number of hydrogen-bond donors (Lipinski definition) is 1. The molecule has 0 radical (unpaired) electrons. The van der Waals surface area contributed by atoms with Gasteiger partial charge in [0.2, 0.25) is 5.91 Å². The molecule has 0 aromatic heterocycles. The molecule has 1 atom stereocenters. The van der Waals surface area contributed by atoms with Crippen molar-refractivity contribution in [3.63, 3.8) is 0 Å². The number of anilines is 1. The van der Waals surface area contributed by atoms with Crippen molar-refractivity contribution in [3.05, 3.63) is 59.7 Å². The zero-order valence-electron chi connectivity index (χ0n) is 11.6. The highest BCUT2D eigenvalue weighted by Gasteiger charge is 2.34. The monoisotopic (exact) mass is 297 g/mol. The average molecular weight is 297 g/mol. The molecule has 1 aliphatic carbocycles. The lowest BCUT2D eigenvalue weighted by atomic mass is 10.0. The fourth-order valence-electron chi connectivity index (χ4n) is 2.66. The maximum Gasteiger partial charge on any atom is 0.232 e. The SMILES string of the molecule is CSc1ccccc1NC(=O)C1CC(=O)c2ccccc21.